The average Bonchev–Trinajstić information content (AvgIpc) is 2.30. The molecule has 0 spiro atoms. The van der Waals surface area contributed by atoms with Crippen LogP contribution in [0.15, 0.2) is 18.3 Å². The second kappa shape index (κ2) is 5.02. The van der Waals surface area contributed by atoms with Crippen molar-refractivity contribution in [1.29, 1.82) is 0 Å². The molecule has 88 valence electrons. The van der Waals surface area contributed by atoms with E-state index in [1.807, 2.05) is 12.1 Å². The zero-order valence-electron chi connectivity index (χ0n) is 9.86. The van der Waals surface area contributed by atoms with E-state index in [1.54, 1.807) is 6.20 Å². The van der Waals surface area contributed by atoms with Crippen molar-refractivity contribution in [1.82, 2.24) is 9.88 Å². The molecule has 1 aliphatic rings. The van der Waals surface area contributed by atoms with Crippen LogP contribution in [0.4, 0.5) is 5.82 Å². The van der Waals surface area contributed by atoms with Gasteiger partial charge in [-0.2, -0.15) is 0 Å². The van der Waals surface area contributed by atoms with Gasteiger partial charge in [0.25, 0.3) is 0 Å². The Morgan fingerprint density at radius 2 is 2.06 bits per heavy atom. The van der Waals surface area contributed by atoms with Crippen LogP contribution in [0.3, 0.4) is 0 Å². The molecule has 2 heterocycles. The maximum atomic E-state index is 5.83. The molecule has 4 heteroatoms. The molecule has 0 amide bonds. The number of likely N-dealkylation sites (tertiary alicyclic amines) is 1. The maximum absolute atomic E-state index is 5.83. The molecule has 1 aromatic heterocycles. The Balaban J connectivity index is 2.01. The predicted octanol–water partition coefficient (Wildman–Crippen LogP) is 2.27. The molecule has 0 N–H and O–H groups in total. The van der Waals surface area contributed by atoms with Gasteiger partial charge in [-0.05, 0) is 45.1 Å². The van der Waals surface area contributed by atoms with E-state index in [4.69, 9.17) is 11.6 Å². The second-order valence-corrected chi connectivity index (χ2v) is 4.92. The Kier molecular flexibility index (Phi) is 3.66. The summed E-state index contributed by atoms with van der Waals surface area (Å²) in [5.41, 5.74) is 0. The molecule has 0 aromatic carbocycles. The summed E-state index contributed by atoms with van der Waals surface area (Å²) in [7, 11) is 4.29. The molecule has 3 nitrogen and oxygen atoms in total. The molecule has 0 atom stereocenters. The second-order valence-electron chi connectivity index (χ2n) is 4.48. The van der Waals surface area contributed by atoms with Crippen LogP contribution in [0, 0.1) is 0 Å². The number of anilines is 1. The van der Waals surface area contributed by atoms with Gasteiger partial charge >= 0.3 is 0 Å². The molecular formula is C12H18ClN3. The van der Waals surface area contributed by atoms with Gasteiger partial charge in [0.2, 0.25) is 0 Å². The van der Waals surface area contributed by atoms with Crippen LogP contribution >= 0.6 is 11.6 Å². The number of hydrogen-bond donors (Lipinski definition) is 0. The standard InChI is InChI=1S/C12H18ClN3/c1-15-7-5-11(6-8-15)16(2)12-4-3-10(13)9-14-12/h3-4,9,11H,5-8H2,1-2H3. The Labute approximate surface area is 102 Å². The van der Waals surface area contributed by atoms with Gasteiger partial charge in [0.15, 0.2) is 0 Å². The number of piperidine rings is 1. The highest BCUT2D eigenvalue weighted by Gasteiger charge is 2.21. The highest BCUT2D eigenvalue weighted by atomic mass is 35.5. The van der Waals surface area contributed by atoms with Crippen molar-refractivity contribution in [3.05, 3.63) is 23.4 Å². The van der Waals surface area contributed by atoms with E-state index in [-0.39, 0.29) is 0 Å². The smallest absolute Gasteiger partial charge is 0.128 e. The van der Waals surface area contributed by atoms with Crippen LogP contribution in [0.2, 0.25) is 5.02 Å². The van der Waals surface area contributed by atoms with Crippen LogP contribution in [-0.4, -0.2) is 43.1 Å². The fourth-order valence-electron chi connectivity index (χ4n) is 2.15. The zero-order valence-corrected chi connectivity index (χ0v) is 10.6. The lowest BCUT2D eigenvalue weighted by Gasteiger charge is -2.35. The summed E-state index contributed by atoms with van der Waals surface area (Å²) >= 11 is 5.83. The van der Waals surface area contributed by atoms with Gasteiger partial charge in [0.05, 0.1) is 5.02 Å². The number of aromatic nitrogens is 1. The van der Waals surface area contributed by atoms with Gasteiger partial charge in [-0.25, -0.2) is 4.98 Å². The minimum atomic E-state index is 0.602. The molecular weight excluding hydrogens is 222 g/mol. The third kappa shape index (κ3) is 2.66. The minimum Gasteiger partial charge on any atom is -0.357 e. The van der Waals surface area contributed by atoms with E-state index >= 15 is 0 Å². The normalized spacial score (nSPS) is 18.7. The van der Waals surface area contributed by atoms with Gasteiger partial charge in [0, 0.05) is 19.3 Å². The van der Waals surface area contributed by atoms with E-state index in [2.05, 4.69) is 28.9 Å². The maximum Gasteiger partial charge on any atom is 0.128 e. The van der Waals surface area contributed by atoms with E-state index < -0.39 is 0 Å². The molecule has 0 saturated carbocycles. The van der Waals surface area contributed by atoms with Crippen LogP contribution in [0.25, 0.3) is 0 Å². The molecule has 1 saturated heterocycles. The summed E-state index contributed by atoms with van der Waals surface area (Å²) in [6.07, 6.45) is 4.12. The lowest BCUT2D eigenvalue weighted by atomic mass is 10.0. The van der Waals surface area contributed by atoms with Gasteiger partial charge < -0.3 is 9.80 Å². The largest absolute Gasteiger partial charge is 0.357 e. The van der Waals surface area contributed by atoms with Gasteiger partial charge in [-0.3, -0.25) is 0 Å². The van der Waals surface area contributed by atoms with Crippen LogP contribution in [0.5, 0.6) is 0 Å². The van der Waals surface area contributed by atoms with Crippen molar-refractivity contribution in [2.45, 2.75) is 18.9 Å². The Morgan fingerprint density at radius 3 is 2.62 bits per heavy atom. The summed E-state index contributed by atoms with van der Waals surface area (Å²) in [4.78, 5) is 8.99. The van der Waals surface area contributed by atoms with Crippen molar-refractivity contribution >= 4 is 17.4 Å². The van der Waals surface area contributed by atoms with Crippen LogP contribution in [0.1, 0.15) is 12.8 Å². The first-order valence-electron chi connectivity index (χ1n) is 5.70. The highest BCUT2D eigenvalue weighted by Crippen LogP contribution is 2.20. The highest BCUT2D eigenvalue weighted by molar-refractivity contribution is 6.30. The number of halogens is 1. The summed E-state index contributed by atoms with van der Waals surface area (Å²) in [6.45, 7) is 2.34. The van der Waals surface area contributed by atoms with Crippen molar-refractivity contribution in [2.75, 3.05) is 32.1 Å². The van der Waals surface area contributed by atoms with E-state index in [9.17, 15) is 0 Å². The van der Waals surface area contributed by atoms with Crippen molar-refractivity contribution < 1.29 is 0 Å². The number of hydrogen-bond acceptors (Lipinski definition) is 3. The molecule has 0 aliphatic carbocycles. The SMILES string of the molecule is CN1CCC(N(C)c2ccc(Cl)cn2)CC1. The van der Waals surface area contributed by atoms with Crippen molar-refractivity contribution in [2.24, 2.45) is 0 Å². The van der Waals surface area contributed by atoms with Crippen molar-refractivity contribution in [3.63, 3.8) is 0 Å². The van der Waals surface area contributed by atoms with E-state index in [0.29, 0.717) is 11.1 Å². The molecule has 2 rings (SSSR count). The quantitative estimate of drug-likeness (QED) is 0.789. The Hall–Kier alpha value is -0.800. The van der Waals surface area contributed by atoms with Gasteiger partial charge in [-0.15, -0.1) is 0 Å². The molecule has 0 radical (unpaired) electrons. The minimum absolute atomic E-state index is 0.602. The van der Waals surface area contributed by atoms with E-state index in [0.717, 1.165) is 5.82 Å². The number of rotatable bonds is 2. The van der Waals surface area contributed by atoms with Crippen molar-refractivity contribution in [3.8, 4) is 0 Å². The zero-order chi connectivity index (χ0) is 11.5. The molecule has 1 fully saturated rings. The topological polar surface area (TPSA) is 19.4 Å². The molecule has 0 unspecified atom stereocenters. The van der Waals surface area contributed by atoms with Crippen LogP contribution < -0.4 is 4.90 Å². The van der Waals surface area contributed by atoms with Crippen LogP contribution in [-0.2, 0) is 0 Å². The Bertz CT molecular complexity index is 331. The number of nitrogens with zero attached hydrogens (tertiary/aromatic N) is 3. The summed E-state index contributed by atoms with van der Waals surface area (Å²) in [5.74, 6) is 1.01. The monoisotopic (exact) mass is 239 g/mol. The summed E-state index contributed by atoms with van der Waals surface area (Å²) < 4.78 is 0. The van der Waals surface area contributed by atoms with E-state index in [1.165, 1.54) is 25.9 Å². The Morgan fingerprint density at radius 1 is 1.38 bits per heavy atom. The lowest BCUT2D eigenvalue weighted by Crippen LogP contribution is -2.42. The van der Waals surface area contributed by atoms with Gasteiger partial charge in [-0.1, -0.05) is 11.6 Å². The first-order valence-corrected chi connectivity index (χ1v) is 6.07. The van der Waals surface area contributed by atoms with Gasteiger partial charge in [0.1, 0.15) is 5.82 Å². The summed E-state index contributed by atoms with van der Waals surface area (Å²) in [6, 6.07) is 4.49. The molecule has 16 heavy (non-hydrogen) atoms. The summed E-state index contributed by atoms with van der Waals surface area (Å²) in [5, 5.41) is 0.695. The fourth-order valence-corrected chi connectivity index (χ4v) is 2.26. The fraction of sp³-hybridized carbons (Fsp3) is 0.583. The average molecular weight is 240 g/mol. The lowest BCUT2D eigenvalue weighted by molar-refractivity contribution is 0.252. The predicted molar refractivity (Wildman–Crippen MR) is 68.2 cm³/mol. The third-order valence-corrected chi connectivity index (χ3v) is 3.53. The third-order valence-electron chi connectivity index (χ3n) is 3.31. The first-order chi connectivity index (χ1) is 7.66. The molecule has 1 aliphatic heterocycles. The molecule has 0 bridgehead atoms. The first kappa shape index (κ1) is 11.7. The number of pyridine rings is 1. The molecule has 1 aromatic rings.